The minimum atomic E-state index is 0.273. The maximum atomic E-state index is 6.18. The summed E-state index contributed by atoms with van der Waals surface area (Å²) in [5.74, 6) is 0. The van der Waals surface area contributed by atoms with E-state index in [4.69, 9.17) is 23.2 Å². The monoisotopic (exact) mass is 293 g/mol. The van der Waals surface area contributed by atoms with Crippen molar-refractivity contribution in [1.29, 1.82) is 0 Å². The Kier molecular flexibility index (Phi) is 4.87. The third kappa shape index (κ3) is 3.73. The first-order valence-corrected chi connectivity index (χ1v) is 7.06. The van der Waals surface area contributed by atoms with Crippen molar-refractivity contribution in [3.63, 3.8) is 0 Å². The highest BCUT2D eigenvalue weighted by atomic mass is 35.5. The number of hydrogen-bond acceptors (Lipinski definition) is 1. The average molecular weight is 294 g/mol. The molecule has 0 amide bonds. The maximum Gasteiger partial charge on any atom is 0.0637 e. The molecule has 2 aromatic carbocycles. The van der Waals surface area contributed by atoms with E-state index in [1.165, 1.54) is 11.1 Å². The Morgan fingerprint density at radius 2 is 1.84 bits per heavy atom. The lowest BCUT2D eigenvalue weighted by Crippen LogP contribution is -2.18. The zero-order valence-corrected chi connectivity index (χ0v) is 12.6. The quantitative estimate of drug-likeness (QED) is 0.822. The van der Waals surface area contributed by atoms with Crippen LogP contribution in [0, 0.1) is 6.92 Å². The summed E-state index contributed by atoms with van der Waals surface area (Å²) in [6, 6.07) is 14.5. The molecule has 1 atom stereocenters. The highest BCUT2D eigenvalue weighted by molar-refractivity contribution is 6.42. The predicted octanol–water partition coefficient (Wildman–Crippen LogP) is 5.15. The van der Waals surface area contributed by atoms with Gasteiger partial charge in [-0.2, -0.15) is 0 Å². The fourth-order valence-electron chi connectivity index (χ4n) is 2.01. The van der Waals surface area contributed by atoms with Gasteiger partial charge in [-0.3, -0.25) is 0 Å². The van der Waals surface area contributed by atoms with E-state index < -0.39 is 0 Å². The van der Waals surface area contributed by atoms with E-state index in [-0.39, 0.29) is 6.04 Å². The fraction of sp³-hybridized carbons (Fsp3) is 0.250. The van der Waals surface area contributed by atoms with Gasteiger partial charge in [-0.25, -0.2) is 0 Å². The van der Waals surface area contributed by atoms with E-state index >= 15 is 0 Å². The summed E-state index contributed by atoms with van der Waals surface area (Å²) in [4.78, 5) is 0. The van der Waals surface area contributed by atoms with Crippen LogP contribution in [0.3, 0.4) is 0 Å². The van der Waals surface area contributed by atoms with Crippen molar-refractivity contribution >= 4 is 23.2 Å². The molecule has 2 aromatic rings. The SMILES string of the molecule is Cc1cccc([C@@H](C)NCc2cccc(Cl)c2Cl)c1. The van der Waals surface area contributed by atoms with Gasteiger partial charge in [0.05, 0.1) is 10.0 Å². The molecule has 1 N–H and O–H groups in total. The largest absolute Gasteiger partial charge is 0.306 e. The van der Waals surface area contributed by atoms with Gasteiger partial charge in [0.2, 0.25) is 0 Å². The summed E-state index contributed by atoms with van der Waals surface area (Å²) in [7, 11) is 0. The van der Waals surface area contributed by atoms with Gasteiger partial charge in [0, 0.05) is 12.6 Å². The van der Waals surface area contributed by atoms with E-state index in [0.29, 0.717) is 16.6 Å². The molecule has 0 unspecified atom stereocenters. The fourth-order valence-corrected chi connectivity index (χ4v) is 2.39. The molecule has 100 valence electrons. The number of rotatable bonds is 4. The van der Waals surface area contributed by atoms with Crippen LogP contribution in [0.4, 0.5) is 0 Å². The Balaban J connectivity index is 2.04. The minimum absolute atomic E-state index is 0.273. The number of hydrogen-bond donors (Lipinski definition) is 1. The molecule has 0 aliphatic carbocycles. The highest BCUT2D eigenvalue weighted by Crippen LogP contribution is 2.26. The van der Waals surface area contributed by atoms with Crippen LogP contribution in [-0.2, 0) is 6.54 Å². The lowest BCUT2D eigenvalue weighted by atomic mass is 10.1. The van der Waals surface area contributed by atoms with Crippen molar-refractivity contribution in [2.45, 2.75) is 26.4 Å². The Morgan fingerprint density at radius 3 is 2.58 bits per heavy atom. The molecule has 2 rings (SSSR count). The van der Waals surface area contributed by atoms with Crippen LogP contribution in [0.5, 0.6) is 0 Å². The first kappa shape index (κ1) is 14.4. The number of halogens is 2. The first-order chi connectivity index (χ1) is 9.08. The lowest BCUT2D eigenvalue weighted by Gasteiger charge is -2.15. The second-order valence-corrected chi connectivity index (χ2v) is 5.51. The summed E-state index contributed by atoms with van der Waals surface area (Å²) in [6.45, 7) is 4.95. The average Bonchev–Trinajstić information content (AvgIpc) is 2.40. The molecule has 3 heteroatoms. The lowest BCUT2D eigenvalue weighted by molar-refractivity contribution is 0.574. The van der Waals surface area contributed by atoms with Crippen LogP contribution in [0.15, 0.2) is 42.5 Å². The van der Waals surface area contributed by atoms with Crippen LogP contribution >= 0.6 is 23.2 Å². The molecule has 0 saturated heterocycles. The predicted molar refractivity (Wildman–Crippen MR) is 82.9 cm³/mol. The summed E-state index contributed by atoms with van der Waals surface area (Å²) < 4.78 is 0. The zero-order chi connectivity index (χ0) is 13.8. The van der Waals surface area contributed by atoms with Crippen molar-refractivity contribution in [3.8, 4) is 0 Å². The molecular weight excluding hydrogens is 277 g/mol. The number of nitrogens with one attached hydrogen (secondary N) is 1. The molecule has 0 aliphatic rings. The molecule has 0 radical (unpaired) electrons. The van der Waals surface area contributed by atoms with Crippen LogP contribution in [0.1, 0.15) is 29.7 Å². The summed E-state index contributed by atoms with van der Waals surface area (Å²) in [5, 5.41) is 4.70. The van der Waals surface area contributed by atoms with Gasteiger partial charge >= 0.3 is 0 Å². The van der Waals surface area contributed by atoms with Gasteiger partial charge in [0.25, 0.3) is 0 Å². The highest BCUT2D eigenvalue weighted by Gasteiger charge is 2.08. The molecule has 0 spiro atoms. The third-order valence-electron chi connectivity index (χ3n) is 3.17. The smallest absolute Gasteiger partial charge is 0.0637 e. The van der Waals surface area contributed by atoms with Gasteiger partial charge in [-0.05, 0) is 31.0 Å². The van der Waals surface area contributed by atoms with Gasteiger partial charge in [0.1, 0.15) is 0 Å². The van der Waals surface area contributed by atoms with E-state index in [2.05, 4.69) is 43.4 Å². The van der Waals surface area contributed by atoms with E-state index in [0.717, 1.165) is 5.56 Å². The van der Waals surface area contributed by atoms with Crippen LogP contribution in [-0.4, -0.2) is 0 Å². The minimum Gasteiger partial charge on any atom is -0.306 e. The summed E-state index contributed by atoms with van der Waals surface area (Å²) in [5.41, 5.74) is 3.57. The second-order valence-electron chi connectivity index (χ2n) is 4.73. The van der Waals surface area contributed by atoms with Crippen molar-refractivity contribution in [1.82, 2.24) is 5.32 Å². The van der Waals surface area contributed by atoms with Crippen LogP contribution in [0.2, 0.25) is 10.0 Å². The van der Waals surface area contributed by atoms with Gasteiger partial charge in [0.15, 0.2) is 0 Å². The molecule has 0 aliphatic heterocycles. The van der Waals surface area contributed by atoms with E-state index in [9.17, 15) is 0 Å². The Bertz CT molecular complexity index is 566. The van der Waals surface area contributed by atoms with Crippen molar-refractivity contribution < 1.29 is 0 Å². The molecule has 19 heavy (non-hydrogen) atoms. The zero-order valence-electron chi connectivity index (χ0n) is 11.1. The van der Waals surface area contributed by atoms with E-state index in [1.54, 1.807) is 6.07 Å². The molecular formula is C16H17Cl2N. The van der Waals surface area contributed by atoms with Crippen molar-refractivity contribution in [2.24, 2.45) is 0 Å². The van der Waals surface area contributed by atoms with Gasteiger partial charge < -0.3 is 5.32 Å². The molecule has 0 fully saturated rings. The van der Waals surface area contributed by atoms with Crippen molar-refractivity contribution in [3.05, 3.63) is 69.2 Å². The normalized spacial score (nSPS) is 12.4. The Morgan fingerprint density at radius 1 is 1.11 bits per heavy atom. The second kappa shape index (κ2) is 6.42. The van der Waals surface area contributed by atoms with Gasteiger partial charge in [-0.15, -0.1) is 0 Å². The Hall–Kier alpha value is -1.02. The number of aryl methyl sites for hydroxylation is 1. The molecule has 0 saturated carbocycles. The van der Waals surface area contributed by atoms with E-state index in [1.807, 2.05) is 12.1 Å². The maximum absolute atomic E-state index is 6.18. The van der Waals surface area contributed by atoms with Crippen LogP contribution < -0.4 is 5.32 Å². The number of benzene rings is 2. The molecule has 1 nitrogen and oxygen atoms in total. The van der Waals surface area contributed by atoms with Gasteiger partial charge in [-0.1, -0.05) is 65.2 Å². The topological polar surface area (TPSA) is 12.0 Å². The van der Waals surface area contributed by atoms with Crippen molar-refractivity contribution in [2.75, 3.05) is 0 Å². The third-order valence-corrected chi connectivity index (χ3v) is 4.03. The summed E-state index contributed by atoms with van der Waals surface area (Å²) in [6.07, 6.45) is 0. The summed E-state index contributed by atoms with van der Waals surface area (Å²) >= 11 is 12.2. The molecule has 0 heterocycles. The first-order valence-electron chi connectivity index (χ1n) is 6.31. The Labute approximate surface area is 124 Å². The van der Waals surface area contributed by atoms with Crippen LogP contribution in [0.25, 0.3) is 0 Å². The molecule has 0 aromatic heterocycles. The standard InChI is InChI=1S/C16H17Cl2N/c1-11-5-3-6-13(9-11)12(2)19-10-14-7-4-8-15(17)16(14)18/h3-9,12,19H,10H2,1-2H3/t12-/m1/s1. The molecule has 0 bridgehead atoms.